The third-order valence-corrected chi connectivity index (χ3v) is 2.27. The monoisotopic (exact) mass is 190 g/mol. The fraction of sp³-hybridized carbons (Fsp3) is 0.875. The van der Waals surface area contributed by atoms with Crippen LogP contribution in [0.4, 0.5) is 0 Å². The molecule has 0 saturated carbocycles. The van der Waals surface area contributed by atoms with Crippen molar-refractivity contribution in [1.82, 2.24) is 9.80 Å². The SMILES string of the molecule is CCN1CCN(CC(=O)O)CC1.O. The number of carboxylic acids is 1. The van der Waals surface area contributed by atoms with Crippen LogP contribution in [0.1, 0.15) is 6.92 Å². The molecule has 0 aliphatic carbocycles. The van der Waals surface area contributed by atoms with Gasteiger partial charge in [0, 0.05) is 26.2 Å². The minimum Gasteiger partial charge on any atom is -0.480 e. The molecule has 1 saturated heterocycles. The molecule has 0 atom stereocenters. The fourth-order valence-corrected chi connectivity index (χ4v) is 1.45. The van der Waals surface area contributed by atoms with Gasteiger partial charge in [0.15, 0.2) is 0 Å². The van der Waals surface area contributed by atoms with E-state index < -0.39 is 5.97 Å². The molecular formula is C8H18N2O3. The molecule has 13 heavy (non-hydrogen) atoms. The lowest BCUT2D eigenvalue weighted by molar-refractivity contribution is -0.138. The molecule has 5 heteroatoms. The zero-order chi connectivity index (χ0) is 8.97. The quantitative estimate of drug-likeness (QED) is 0.612. The van der Waals surface area contributed by atoms with Crippen LogP contribution in [0.15, 0.2) is 0 Å². The molecule has 0 bridgehead atoms. The van der Waals surface area contributed by atoms with Gasteiger partial charge < -0.3 is 15.5 Å². The number of aliphatic carboxylic acids is 1. The van der Waals surface area contributed by atoms with Crippen LogP contribution in [0.3, 0.4) is 0 Å². The molecule has 0 radical (unpaired) electrons. The Morgan fingerprint density at radius 1 is 1.23 bits per heavy atom. The van der Waals surface area contributed by atoms with Gasteiger partial charge >= 0.3 is 5.97 Å². The maximum Gasteiger partial charge on any atom is 0.317 e. The van der Waals surface area contributed by atoms with Crippen LogP contribution in [0, 0.1) is 0 Å². The van der Waals surface area contributed by atoms with Crippen molar-refractivity contribution in [2.75, 3.05) is 39.3 Å². The average Bonchev–Trinajstić information content (AvgIpc) is 2.05. The van der Waals surface area contributed by atoms with Gasteiger partial charge in [0.1, 0.15) is 0 Å². The van der Waals surface area contributed by atoms with E-state index in [9.17, 15) is 4.79 Å². The van der Waals surface area contributed by atoms with Crippen LogP contribution in [0.25, 0.3) is 0 Å². The zero-order valence-electron chi connectivity index (χ0n) is 7.99. The molecule has 3 N–H and O–H groups in total. The lowest BCUT2D eigenvalue weighted by Crippen LogP contribution is -2.47. The highest BCUT2D eigenvalue weighted by atomic mass is 16.4. The van der Waals surface area contributed by atoms with Gasteiger partial charge in [-0.15, -0.1) is 0 Å². The van der Waals surface area contributed by atoms with Crippen LogP contribution < -0.4 is 0 Å². The predicted octanol–water partition coefficient (Wildman–Crippen LogP) is -1.12. The molecule has 0 amide bonds. The van der Waals surface area contributed by atoms with E-state index in [4.69, 9.17) is 5.11 Å². The molecule has 0 unspecified atom stereocenters. The molecule has 0 aromatic carbocycles. The number of carboxylic acid groups (broad SMARTS) is 1. The van der Waals surface area contributed by atoms with Crippen molar-refractivity contribution in [1.29, 1.82) is 0 Å². The number of hydrogen-bond acceptors (Lipinski definition) is 3. The Bertz CT molecular complexity index is 155. The van der Waals surface area contributed by atoms with E-state index in [-0.39, 0.29) is 12.0 Å². The first-order valence-corrected chi connectivity index (χ1v) is 4.39. The Morgan fingerprint density at radius 2 is 1.69 bits per heavy atom. The van der Waals surface area contributed by atoms with Gasteiger partial charge in [-0.25, -0.2) is 0 Å². The van der Waals surface area contributed by atoms with E-state index in [2.05, 4.69) is 11.8 Å². The molecule has 0 aromatic rings. The third kappa shape index (κ3) is 4.21. The van der Waals surface area contributed by atoms with Gasteiger partial charge in [-0.2, -0.15) is 0 Å². The second kappa shape index (κ2) is 5.90. The number of piperazine rings is 1. The Labute approximate surface area is 78.2 Å². The summed E-state index contributed by atoms with van der Waals surface area (Å²) >= 11 is 0. The minimum atomic E-state index is -0.722. The van der Waals surface area contributed by atoms with Crippen molar-refractivity contribution in [3.8, 4) is 0 Å². The third-order valence-electron chi connectivity index (χ3n) is 2.27. The van der Waals surface area contributed by atoms with E-state index >= 15 is 0 Å². The maximum atomic E-state index is 10.4. The average molecular weight is 190 g/mol. The van der Waals surface area contributed by atoms with E-state index in [1.807, 2.05) is 4.90 Å². The molecule has 0 spiro atoms. The van der Waals surface area contributed by atoms with E-state index in [0.717, 1.165) is 32.7 Å². The molecule has 1 rings (SSSR count). The lowest BCUT2D eigenvalue weighted by atomic mass is 10.3. The van der Waals surface area contributed by atoms with Crippen LogP contribution in [0.2, 0.25) is 0 Å². The first-order valence-electron chi connectivity index (χ1n) is 4.39. The van der Waals surface area contributed by atoms with Crippen molar-refractivity contribution in [2.24, 2.45) is 0 Å². The van der Waals surface area contributed by atoms with Crippen LogP contribution in [-0.2, 0) is 4.79 Å². The molecule has 1 aliphatic rings. The van der Waals surface area contributed by atoms with Gasteiger partial charge in [-0.05, 0) is 6.54 Å². The highest BCUT2D eigenvalue weighted by Crippen LogP contribution is 1.99. The summed E-state index contributed by atoms with van der Waals surface area (Å²) in [5.74, 6) is -0.722. The lowest BCUT2D eigenvalue weighted by Gasteiger charge is -2.32. The molecule has 1 heterocycles. The summed E-state index contributed by atoms with van der Waals surface area (Å²) in [6, 6.07) is 0. The Kier molecular flexibility index (Phi) is 5.61. The van der Waals surface area contributed by atoms with Crippen molar-refractivity contribution in [2.45, 2.75) is 6.92 Å². The van der Waals surface area contributed by atoms with E-state index in [1.54, 1.807) is 0 Å². The van der Waals surface area contributed by atoms with Crippen LogP contribution in [0.5, 0.6) is 0 Å². The molecule has 1 fully saturated rings. The number of carbonyl (C=O) groups is 1. The standard InChI is InChI=1S/C8H16N2O2.H2O/c1-2-9-3-5-10(6-4-9)7-8(11)12;/h2-7H2,1H3,(H,11,12);1H2. The molecular weight excluding hydrogens is 172 g/mol. The summed E-state index contributed by atoms with van der Waals surface area (Å²) in [5.41, 5.74) is 0. The van der Waals surface area contributed by atoms with Gasteiger partial charge in [-0.1, -0.05) is 6.92 Å². The van der Waals surface area contributed by atoms with Gasteiger partial charge in [0.2, 0.25) is 0 Å². The first-order chi connectivity index (χ1) is 5.72. The molecule has 5 nitrogen and oxygen atoms in total. The number of likely N-dealkylation sites (N-methyl/N-ethyl adjacent to an activating group) is 1. The number of rotatable bonds is 3. The maximum absolute atomic E-state index is 10.4. The van der Waals surface area contributed by atoms with Crippen molar-refractivity contribution < 1.29 is 15.4 Å². The summed E-state index contributed by atoms with van der Waals surface area (Å²) in [7, 11) is 0. The minimum absolute atomic E-state index is 0. The zero-order valence-corrected chi connectivity index (χ0v) is 7.99. The summed E-state index contributed by atoms with van der Waals surface area (Å²) in [5, 5.41) is 8.53. The smallest absolute Gasteiger partial charge is 0.317 e. The van der Waals surface area contributed by atoms with Crippen molar-refractivity contribution in [3.63, 3.8) is 0 Å². The largest absolute Gasteiger partial charge is 0.480 e. The second-order valence-corrected chi connectivity index (χ2v) is 3.10. The summed E-state index contributed by atoms with van der Waals surface area (Å²) < 4.78 is 0. The van der Waals surface area contributed by atoms with Gasteiger partial charge in [0.25, 0.3) is 0 Å². The van der Waals surface area contributed by atoms with Crippen molar-refractivity contribution in [3.05, 3.63) is 0 Å². The Balaban J connectivity index is 0.00000144. The topological polar surface area (TPSA) is 75.3 Å². The Hall–Kier alpha value is -0.650. The summed E-state index contributed by atoms with van der Waals surface area (Å²) in [4.78, 5) is 14.7. The predicted molar refractivity (Wildman–Crippen MR) is 49.8 cm³/mol. The molecule has 78 valence electrons. The van der Waals surface area contributed by atoms with Crippen LogP contribution >= 0.6 is 0 Å². The van der Waals surface area contributed by atoms with E-state index in [1.165, 1.54) is 0 Å². The summed E-state index contributed by atoms with van der Waals surface area (Å²) in [6.07, 6.45) is 0. The van der Waals surface area contributed by atoms with E-state index in [0.29, 0.717) is 0 Å². The first kappa shape index (κ1) is 12.3. The van der Waals surface area contributed by atoms with Gasteiger partial charge in [0.05, 0.1) is 6.54 Å². The van der Waals surface area contributed by atoms with Crippen LogP contribution in [-0.4, -0.2) is 65.6 Å². The summed E-state index contributed by atoms with van der Waals surface area (Å²) in [6.45, 7) is 7.18. The molecule has 1 aliphatic heterocycles. The van der Waals surface area contributed by atoms with Gasteiger partial charge in [-0.3, -0.25) is 9.69 Å². The number of nitrogens with zero attached hydrogens (tertiary/aromatic N) is 2. The highest BCUT2D eigenvalue weighted by molar-refractivity contribution is 5.69. The highest BCUT2D eigenvalue weighted by Gasteiger charge is 2.16. The normalized spacial score (nSPS) is 19.5. The second-order valence-electron chi connectivity index (χ2n) is 3.10. The Morgan fingerprint density at radius 3 is 2.08 bits per heavy atom. The fourth-order valence-electron chi connectivity index (χ4n) is 1.45. The molecule has 0 aromatic heterocycles. The number of hydrogen-bond donors (Lipinski definition) is 1. The van der Waals surface area contributed by atoms with Crippen molar-refractivity contribution >= 4 is 5.97 Å².